The van der Waals surface area contributed by atoms with Crippen LogP contribution in [0.25, 0.3) is 6.08 Å². The van der Waals surface area contributed by atoms with Crippen molar-refractivity contribution >= 4 is 17.8 Å². The van der Waals surface area contributed by atoms with Crippen molar-refractivity contribution in [1.29, 1.82) is 0 Å². The lowest BCUT2D eigenvalue weighted by atomic mass is 10.1. The lowest BCUT2D eigenvalue weighted by Gasteiger charge is -2.08. The zero-order valence-electron chi connectivity index (χ0n) is 9.75. The van der Waals surface area contributed by atoms with Crippen LogP contribution in [0.4, 0.5) is 0 Å². The fraction of sp³-hybridized carbons (Fsp3) is 0.231. The highest BCUT2D eigenvalue weighted by Gasteiger charge is 2.24. The molecule has 0 heterocycles. The fourth-order valence-electron chi connectivity index (χ4n) is 1.27. The molecule has 0 aliphatic rings. The Balaban J connectivity index is 2.71. The molecule has 0 bridgehead atoms. The summed E-state index contributed by atoms with van der Waals surface area (Å²) in [5, 5.41) is 0. The Morgan fingerprint density at radius 3 is 2.35 bits per heavy atom. The van der Waals surface area contributed by atoms with Crippen LogP contribution in [0.2, 0.25) is 0 Å². The number of hydrogen-bond donors (Lipinski definition) is 0. The second-order valence-corrected chi connectivity index (χ2v) is 3.29. The van der Waals surface area contributed by atoms with E-state index in [0.29, 0.717) is 0 Å². The van der Waals surface area contributed by atoms with E-state index in [4.69, 9.17) is 4.74 Å². The van der Waals surface area contributed by atoms with E-state index >= 15 is 0 Å². The van der Waals surface area contributed by atoms with E-state index in [1.165, 1.54) is 20.3 Å². The van der Waals surface area contributed by atoms with Crippen molar-refractivity contribution in [1.82, 2.24) is 0 Å². The maximum Gasteiger partial charge on any atom is 0.343 e. The molecule has 0 saturated heterocycles. The standard InChI is InChI=1S/C13H14O4/c1-16-12(13(15)17-2)11(14)9-8-10-6-4-3-5-7-10/h3-9,12H,1-2H3/b9-8+. The molecule has 0 aliphatic carbocycles. The molecule has 0 amide bonds. The third kappa shape index (κ3) is 3.85. The Morgan fingerprint density at radius 2 is 1.82 bits per heavy atom. The zero-order valence-corrected chi connectivity index (χ0v) is 9.75. The zero-order chi connectivity index (χ0) is 12.7. The van der Waals surface area contributed by atoms with Crippen LogP contribution in [0.3, 0.4) is 0 Å². The maximum atomic E-state index is 11.6. The normalized spacial score (nSPS) is 12.4. The van der Waals surface area contributed by atoms with Crippen LogP contribution in [0, 0.1) is 0 Å². The highest BCUT2D eigenvalue weighted by molar-refractivity contribution is 6.09. The summed E-state index contributed by atoms with van der Waals surface area (Å²) in [6.07, 6.45) is 1.73. The predicted octanol–water partition coefficient (Wildman–Crippen LogP) is 1.46. The van der Waals surface area contributed by atoms with E-state index in [1.54, 1.807) is 6.08 Å². The van der Waals surface area contributed by atoms with Gasteiger partial charge in [-0.15, -0.1) is 0 Å². The van der Waals surface area contributed by atoms with Gasteiger partial charge in [-0.05, 0) is 11.6 Å². The number of methoxy groups -OCH3 is 2. The molecule has 0 spiro atoms. The molecule has 1 aromatic rings. The van der Waals surface area contributed by atoms with Crippen LogP contribution in [-0.4, -0.2) is 32.1 Å². The van der Waals surface area contributed by atoms with Gasteiger partial charge in [0.15, 0.2) is 5.78 Å². The van der Waals surface area contributed by atoms with Gasteiger partial charge in [-0.3, -0.25) is 4.79 Å². The molecular weight excluding hydrogens is 220 g/mol. The van der Waals surface area contributed by atoms with Gasteiger partial charge in [0, 0.05) is 7.11 Å². The van der Waals surface area contributed by atoms with Crippen LogP contribution in [0.1, 0.15) is 5.56 Å². The second kappa shape index (κ2) is 6.60. The van der Waals surface area contributed by atoms with Crippen LogP contribution >= 0.6 is 0 Å². The first-order valence-corrected chi connectivity index (χ1v) is 5.06. The summed E-state index contributed by atoms with van der Waals surface area (Å²) in [6, 6.07) is 9.30. The summed E-state index contributed by atoms with van der Waals surface area (Å²) >= 11 is 0. The Labute approximate surface area is 99.8 Å². The molecule has 17 heavy (non-hydrogen) atoms. The topological polar surface area (TPSA) is 52.6 Å². The minimum absolute atomic E-state index is 0.441. The number of ketones is 1. The monoisotopic (exact) mass is 234 g/mol. The van der Waals surface area contributed by atoms with Gasteiger partial charge in [0.05, 0.1) is 7.11 Å². The number of benzene rings is 1. The Morgan fingerprint density at radius 1 is 1.18 bits per heavy atom. The van der Waals surface area contributed by atoms with Gasteiger partial charge in [0.25, 0.3) is 0 Å². The van der Waals surface area contributed by atoms with E-state index in [2.05, 4.69) is 4.74 Å². The number of hydrogen-bond acceptors (Lipinski definition) is 4. The Kier molecular flexibility index (Phi) is 5.10. The first-order chi connectivity index (χ1) is 8.19. The summed E-state index contributed by atoms with van der Waals surface area (Å²) < 4.78 is 9.24. The van der Waals surface area contributed by atoms with Crippen molar-refractivity contribution in [2.75, 3.05) is 14.2 Å². The van der Waals surface area contributed by atoms with E-state index in [-0.39, 0.29) is 0 Å². The number of rotatable bonds is 5. The smallest absolute Gasteiger partial charge is 0.343 e. The van der Waals surface area contributed by atoms with Gasteiger partial charge < -0.3 is 9.47 Å². The van der Waals surface area contributed by atoms with Gasteiger partial charge in [0.1, 0.15) is 0 Å². The summed E-state index contributed by atoms with van der Waals surface area (Å²) in [7, 11) is 2.50. The van der Waals surface area contributed by atoms with Crippen molar-refractivity contribution in [3.05, 3.63) is 42.0 Å². The lowest BCUT2D eigenvalue weighted by molar-refractivity contribution is -0.155. The first kappa shape index (κ1) is 13.1. The molecule has 0 fully saturated rings. The Hall–Kier alpha value is -1.94. The molecule has 1 unspecified atom stereocenters. The number of esters is 1. The summed E-state index contributed by atoms with van der Waals surface area (Å²) in [6.45, 7) is 0. The highest BCUT2D eigenvalue weighted by Crippen LogP contribution is 2.03. The van der Waals surface area contributed by atoms with E-state index in [0.717, 1.165) is 5.56 Å². The van der Waals surface area contributed by atoms with Gasteiger partial charge in [-0.25, -0.2) is 4.79 Å². The van der Waals surface area contributed by atoms with Gasteiger partial charge in [0.2, 0.25) is 6.10 Å². The first-order valence-electron chi connectivity index (χ1n) is 5.06. The quantitative estimate of drug-likeness (QED) is 0.439. The predicted molar refractivity (Wildman–Crippen MR) is 63.3 cm³/mol. The van der Waals surface area contributed by atoms with Crippen LogP contribution in [0.15, 0.2) is 36.4 Å². The van der Waals surface area contributed by atoms with Crippen molar-refractivity contribution in [3.8, 4) is 0 Å². The number of ether oxygens (including phenoxy) is 2. The van der Waals surface area contributed by atoms with Crippen molar-refractivity contribution in [2.45, 2.75) is 6.10 Å². The molecule has 0 N–H and O–H groups in total. The lowest BCUT2D eigenvalue weighted by Crippen LogP contribution is -2.31. The maximum absolute atomic E-state index is 11.6. The minimum Gasteiger partial charge on any atom is -0.467 e. The largest absolute Gasteiger partial charge is 0.467 e. The molecule has 90 valence electrons. The molecule has 0 saturated carbocycles. The molecule has 0 aliphatic heterocycles. The summed E-state index contributed by atoms with van der Waals surface area (Å²) in [5.74, 6) is -1.14. The third-order valence-corrected chi connectivity index (χ3v) is 2.15. The van der Waals surface area contributed by atoms with Crippen LogP contribution in [0.5, 0.6) is 0 Å². The number of carbonyl (C=O) groups is 2. The van der Waals surface area contributed by atoms with Crippen LogP contribution in [-0.2, 0) is 19.1 Å². The molecule has 1 rings (SSSR count). The molecule has 0 radical (unpaired) electrons. The molecular formula is C13H14O4. The second-order valence-electron chi connectivity index (χ2n) is 3.29. The number of carbonyl (C=O) groups excluding carboxylic acids is 2. The van der Waals surface area contributed by atoms with Gasteiger partial charge in [-0.2, -0.15) is 0 Å². The van der Waals surface area contributed by atoms with E-state index in [1.807, 2.05) is 30.3 Å². The molecule has 4 nitrogen and oxygen atoms in total. The summed E-state index contributed by atoms with van der Waals surface area (Å²) in [4.78, 5) is 22.8. The fourth-order valence-corrected chi connectivity index (χ4v) is 1.27. The average Bonchev–Trinajstić information content (AvgIpc) is 2.38. The Bertz CT molecular complexity index is 409. The van der Waals surface area contributed by atoms with Gasteiger partial charge >= 0.3 is 5.97 Å². The van der Waals surface area contributed by atoms with E-state index in [9.17, 15) is 9.59 Å². The van der Waals surface area contributed by atoms with Crippen molar-refractivity contribution in [2.24, 2.45) is 0 Å². The van der Waals surface area contributed by atoms with Gasteiger partial charge in [-0.1, -0.05) is 36.4 Å². The molecule has 1 atom stereocenters. The minimum atomic E-state index is -1.19. The SMILES string of the molecule is COC(=O)C(OC)C(=O)/C=C/c1ccccc1. The molecule has 0 aromatic heterocycles. The third-order valence-electron chi connectivity index (χ3n) is 2.15. The van der Waals surface area contributed by atoms with Crippen molar-refractivity contribution < 1.29 is 19.1 Å². The van der Waals surface area contributed by atoms with E-state index < -0.39 is 17.9 Å². The average molecular weight is 234 g/mol. The highest BCUT2D eigenvalue weighted by atomic mass is 16.6. The summed E-state index contributed by atoms with van der Waals surface area (Å²) in [5.41, 5.74) is 0.876. The van der Waals surface area contributed by atoms with Crippen LogP contribution < -0.4 is 0 Å². The van der Waals surface area contributed by atoms with Crippen molar-refractivity contribution in [3.63, 3.8) is 0 Å². The molecule has 4 heteroatoms. The molecule has 1 aromatic carbocycles.